The molecule has 0 fully saturated rings. The van der Waals surface area contributed by atoms with Gasteiger partial charge < -0.3 is 15.2 Å². The van der Waals surface area contributed by atoms with E-state index < -0.39 is 17.9 Å². The molecule has 2 aromatic carbocycles. The number of halogens is 2. The highest BCUT2D eigenvalue weighted by Crippen LogP contribution is 2.28. The standard InChI is InChI=1S/C24H20ClFN4O2/c1-15(20-13-28-23(31)19-5-3-2-4-18(19)20)30(14-16-8-10-27-11-9-16)24(32)29-17-6-7-22(26)21(25)12-17/h2-13,15H,14H2,1H3,(H,28,31)(H,29,32). The minimum Gasteiger partial charge on any atom is -0.328 e. The van der Waals surface area contributed by atoms with E-state index in [4.69, 9.17) is 11.6 Å². The zero-order valence-corrected chi connectivity index (χ0v) is 17.9. The van der Waals surface area contributed by atoms with Gasteiger partial charge in [-0.15, -0.1) is 0 Å². The van der Waals surface area contributed by atoms with Crippen LogP contribution >= 0.6 is 11.6 Å². The van der Waals surface area contributed by atoms with Gasteiger partial charge in [0.25, 0.3) is 5.56 Å². The Hall–Kier alpha value is -3.71. The van der Waals surface area contributed by atoms with E-state index in [1.54, 1.807) is 35.6 Å². The van der Waals surface area contributed by atoms with Gasteiger partial charge in [0.2, 0.25) is 0 Å². The van der Waals surface area contributed by atoms with Crippen LogP contribution in [0.5, 0.6) is 0 Å². The Balaban J connectivity index is 1.72. The van der Waals surface area contributed by atoms with E-state index in [1.807, 2.05) is 31.2 Å². The lowest BCUT2D eigenvalue weighted by Gasteiger charge is -2.30. The molecular weight excluding hydrogens is 431 g/mol. The second-order valence-corrected chi connectivity index (χ2v) is 7.74. The number of anilines is 1. The molecule has 8 heteroatoms. The molecule has 2 N–H and O–H groups in total. The first-order valence-electron chi connectivity index (χ1n) is 9.96. The van der Waals surface area contributed by atoms with Crippen molar-refractivity contribution in [3.63, 3.8) is 0 Å². The molecule has 0 spiro atoms. The number of H-pyrrole nitrogens is 1. The minimum atomic E-state index is -0.564. The van der Waals surface area contributed by atoms with Gasteiger partial charge in [0.05, 0.1) is 11.1 Å². The lowest BCUT2D eigenvalue weighted by atomic mass is 10.0. The number of fused-ring (bicyclic) bond motifs is 1. The number of pyridine rings is 2. The molecule has 2 amide bonds. The van der Waals surface area contributed by atoms with E-state index >= 15 is 0 Å². The molecule has 0 bridgehead atoms. The third-order valence-electron chi connectivity index (χ3n) is 5.29. The largest absolute Gasteiger partial charge is 0.328 e. The number of nitrogens with one attached hydrogen (secondary N) is 2. The lowest BCUT2D eigenvalue weighted by Crippen LogP contribution is -2.37. The quantitative estimate of drug-likeness (QED) is 0.420. The first-order valence-corrected chi connectivity index (χ1v) is 10.3. The molecule has 0 saturated carbocycles. The summed E-state index contributed by atoms with van der Waals surface area (Å²) >= 11 is 5.86. The number of benzene rings is 2. The van der Waals surface area contributed by atoms with Crippen molar-refractivity contribution >= 4 is 34.1 Å². The second kappa shape index (κ2) is 9.20. The normalized spacial score (nSPS) is 11.8. The van der Waals surface area contributed by atoms with Crippen molar-refractivity contribution in [2.45, 2.75) is 19.5 Å². The number of amides is 2. The summed E-state index contributed by atoms with van der Waals surface area (Å²) in [6.07, 6.45) is 4.95. The smallest absolute Gasteiger partial charge is 0.322 e. The summed E-state index contributed by atoms with van der Waals surface area (Å²) in [6.45, 7) is 2.18. The molecule has 0 saturated heterocycles. The number of nitrogens with zero attached hydrogens (tertiary/aromatic N) is 2. The Morgan fingerprint density at radius 1 is 1.16 bits per heavy atom. The Labute approximate surface area is 188 Å². The molecule has 32 heavy (non-hydrogen) atoms. The molecule has 4 aromatic rings. The van der Waals surface area contributed by atoms with Crippen molar-refractivity contribution in [3.8, 4) is 0 Å². The average molecular weight is 451 g/mol. The van der Waals surface area contributed by atoms with Crippen LogP contribution in [0.3, 0.4) is 0 Å². The number of hydrogen-bond donors (Lipinski definition) is 2. The predicted molar refractivity (Wildman–Crippen MR) is 123 cm³/mol. The first kappa shape index (κ1) is 21.5. The van der Waals surface area contributed by atoms with Crippen LogP contribution < -0.4 is 10.9 Å². The summed E-state index contributed by atoms with van der Waals surface area (Å²) in [6, 6.07) is 14.1. The highest BCUT2D eigenvalue weighted by Gasteiger charge is 2.24. The van der Waals surface area contributed by atoms with Gasteiger partial charge in [-0.05, 0) is 59.8 Å². The molecule has 2 heterocycles. The molecular formula is C24H20ClFN4O2. The summed E-state index contributed by atoms with van der Waals surface area (Å²) in [5, 5.41) is 4.02. The Morgan fingerprint density at radius 2 is 1.88 bits per heavy atom. The van der Waals surface area contributed by atoms with E-state index in [0.717, 1.165) is 16.5 Å². The lowest BCUT2D eigenvalue weighted by molar-refractivity contribution is 0.189. The number of carbonyl (C=O) groups excluding carboxylic acids is 1. The third kappa shape index (κ3) is 4.48. The summed E-state index contributed by atoms with van der Waals surface area (Å²) < 4.78 is 13.5. The highest BCUT2D eigenvalue weighted by atomic mass is 35.5. The van der Waals surface area contributed by atoms with Crippen molar-refractivity contribution in [2.24, 2.45) is 0 Å². The number of rotatable bonds is 5. The van der Waals surface area contributed by atoms with Crippen molar-refractivity contribution in [1.29, 1.82) is 0 Å². The van der Waals surface area contributed by atoms with E-state index in [2.05, 4.69) is 15.3 Å². The summed E-state index contributed by atoms with van der Waals surface area (Å²) in [7, 11) is 0. The molecule has 0 radical (unpaired) electrons. The van der Waals surface area contributed by atoms with E-state index in [9.17, 15) is 14.0 Å². The maximum absolute atomic E-state index is 13.5. The fourth-order valence-corrected chi connectivity index (χ4v) is 3.76. The molecule has 6 nitrogen and oxygen atoms in total. The van der Waals surface area contributed by atoms with E-state index in [0.29, 0.717) is 11.1 Å². The van der Waals surface area contributed by atoms with Crippen LogP contribution in [0.1, 0.15) is 24.1 Å². The second-order valence-electron chi connectivity index (χ2n) is 7.34. The maximum Gasteiger partial charge on any atom is 0.322 e. The fraction of sp³-hybridized carbons (Fsp3) is 0.125. The van der Waals surface area contributed by atoms with Crippen LogP contribution in [0.15, 0.2) is 78.0 Å². The zero-order chi connectivity index (χ0) is 22.7. The molecule has 1 atom stereocenters. The van der Waals surface area contributed by atoms with Crippen LogP contribution in [0.4, 0.5) is 14.9 Å². The Bertz CT molecular complexity index is 1330. The van der Waals surface area contributed by atoms with Gasteiger partial charge in [-0.3, -0.25) is 9.78 Å². The van der Waals surface area contributed by atoms with Gasteiger partial charge in [-0.25, -0.2) is 9.18 Å². The zero-order valence-electron chi connectivity index (χ0n) is 17.2. The van der Waals surface area contributed by atoms with Crippen LogP contribution in [0, 0.1) is 5.82 Å². The predicted octanol–water partition coefficient (Wildman–Crippen LogP) is 5.51. The number of urea groups is 1. The van der Waals surface area contributed by atoms with Crippen molar-refractivity contribution in [3.05, 3.63) is 106 Å². The molecule has 1 unspecified atom stereocenters. The van der Waals surface area contributed by atoms with E-state index in [1.165, 1.54) is 18.2 Å². The average Bonchev–Trinajstić information content (AvgIpc) is 2.80. The maximum atomic E-state index is 13.5. The van der Waals surface area contributed by atoms with E-state index in [-0.39, 0.29) is 17.1 Å². The first-order chi connectivity index (χ1) is 15.4. The van der Waals surface area contributed by atoms with Gasteiger partial charge in [0.1, 0.15) is 5.82 Å². The van der Waals surface area contributed by atoms with Crippen LogP contribution in [0.25, 0.3) is 10.8 Å². The molecule has 2 aromatic heterocycles. The molecule has 162 valence electrons. The van der Waals surface area contributed by atoms with Crippen LogP contribution in [0.2, 0.25) is 5.02 Å². The minimum absolute atomic E-state index is 0.0804. The Morgan fingerprint density at radius 3 is 2.59 bits per heavy atom. The van der Waals surface area contributed by atoms with Gasteiger partial charge in [-0.2, -0.15) is 0 Å². The topological polar surface area (TPSA) is 78.1 Å². The summed E-state index contributed by atoms with van der Waals surface area (Å²) in [4.78, 5) is 34.0. The van der Waals surface area contributed by atoms with Crippen LogP contribution in [-0.4, -0.2) is 20.9 Å². The number of hydrogen-bond acceptors (Lipinski definition) is 3. The fourth-order valence-electron chi connectivity index (χ4n) is 3.58. The molecule has 4 rings (SSSR count). The van der Waals surface area contributed by atoms with Gasteiger partial charge >= 0.3 is 6.03 Å². The van der Waals surface area contributed by atoms with Gasteiger partial charge in [0.15, 0.2) is 0 Å². The number of aromatic amines is 1. The van der Waals surface area contributed by atoms with Crippen molar-refractivity contribution in [1.82, 2.24) is 14.9 Å². The monoisotopic (exact) mass is 450 g/mol. The summed E-state index contributed by atoms with van der Waals surface area (Å²) in [5.74, 6) is -0.564. The third-order valence-corrected chi connectivity index (χ3v) is 5.58. The number of carbonyl (C=O) groups is 1. The van der Waals surface area contributed by atoms with Crippen LogP contribution in [-0.2, 0) is 6.54 Å². The molecule has 0 aliphatic heterocycles. The molecule has 0 aliphatic rings. The van der Waals surface area contributed by atoms with Gasteiger partial charge in [-0.1, -0.05) is 29.8 Å². The number of aromatic nitrogens is 2. The van der Waals surface area contributed by atoms with Gasteiger partial charge in [0, 0.05) is 36.2 Å². The van der Waals surface area contributed by atoms with Crippen molar-refractivity contribution < 1.29 is 9.18 Å². The van der Waals surface area contributed by atoms with Crippen molar-refractivity contribution in [2.75, 3.05) is 5.32 Å². The highest BCUT2D eigenvalue weighted by molar-refractivity contribution is 6.31. The SMILES string of the molecule is CC(c1c[nH]c(=O)c2ccccc12)N(Cc1ccncc1)C(=O)Nc1ccc(F)c(Cl)c1. The Kier molecular flexibility index (Phi) is 6.18. The molecule has 0 aliphatic carbocycles. The summed E-state index contributed by atoms with van der Waals surface area (Å²) in [5.41, 5.74) is 1.86.